The minimum absolute atomic E-state index is 0.0803. The number of fused-ring (bicyclic) bond motifs is 1. The van der Waals surface area contributed by atoms with Crippen molar-refractivity contribution in [3.05, 3.63) is 174 Å². The first-order valence-electron chi connectivity index (χ1n) is 19.0. The molecule has 0 aliphatic carbocycles. The molecule has 0 radical (unpaired) electrons. The molecule has 10 nitrogen and oxygen atoms in total. The highest BCUT2D eigenvalue weighted by Crippen LogP contribution is 2.41. The third kappa shape index (κ3) is 8.35. The Morgan fingerprint density at radius 2 is 1.16 bits per heavy atom. The number of likely N-dealkylation sites (N-methyl/N-ethyl adjacent to an activating group) is 1. The summed E-state index contributed by atoms with van der Waals surface area (Å²) >= 11 is 0. The van der Waals surface area contributed by atoms with E-state index in [9.17, 15) is 9.59 Å². The Balaban J connectivity index is 1.22. The zero-order valence-electron chi connectivity index (χ0n) is 31.3. The third-order valence-electron chi connectivity index (χ3n) is 10.5. The standard InChI is InChI=1S/C46H45N3O7/c1-48-40(50)25-37(45(48)51)38-26-49(44-36(38)23-14-24-47-44)46-43(55-30-35-21-12-5-13-22-35)42(54-29-34-19-10-4-11-20-34)41(53-28-33-17-8-3-9-18-33)39(56-46)31-52-27-32-15-6-2-7-16-32/h2-24,26,37,39,41-43,46H,25,27-31H2,1H3/t37?,39-,41-,42+,43-,46-/m1/s1. The summed E-state index contributed by atoms with van der Waals surface area (Å²) in [7, 11) is 1.53. The number of pyridine rings is 1. The molecule has 2 saturated heterocycles. The molecule has 4 heterocycles. The molecule has 10 heteroatoms. The molecule has 1 unspecified atom stereocenters. The lowest BCUT2D eigenvalue weighted by Gasteiger charge is -2.46. The lowest BCUT2D eigenvalue weighted by Crippen LogP contribution is -2.59. The van der Waals surface area contributed by atoms with Crippen LogP contribution in [0.2, 0.25) is 0 Å². The number of hydrogen-bond acceptors (Lipinski definition) is 8. The summed E-state index contributed by atoms with van der Waals surface area (Å²) in [6, 6.07) is 43.8. The van der Waals surface area contributed by atoms with Crippen molar-refractivity contribution < 1.29 is 33.3 Å². The number of ether oxygens (including phenoxy) is 5. The summed E-state index contributed by atoms with van der Waals surface area (Å²) < 4.78 is 36.2. The van der Waals surface area contributed by atoms with Crippen molar-refractivity contribution in [2.45, 2.75) is 69.4 Å². The quantitative estimate of drug-likeness (QED) is 0.100. The Morgan fingerprint density at radius 3 is 1.70 bits per heavy atom. The predicted molar refractivity (Wildman–Crippen MR) is 210 cm³/mol. The Kier molecular flexibility index (Phi) is 11.7. The molecule has 2 aliphatic heterocycles. The Labute approximate surface area is 326 Å². The van der Waals surface area contributed by atoms with Crippen LogP contribution in [0.3, 0.4) is 0 Å². The molecule has 0 spiro atoms. The van der Waals surface area contributed by atoms with Gasteiger partial charge in [-0.25, -0.2) is 4.98 Å². The van der Waals surface area contributed by atoms with Gasteiger partial charge in [0.05, 0.1) is 39.0 Å². The van der Waals surface area contributed by atoms with Crippen LogP contribution in [-0.4, -0.2) is 64.3 Å². The second-order valence-corrected chi connectivity index (χ2v) is 14.3. The number of hydrogen-bond donors (Lipinski definition) is 0. The molecule has 0 N–H and O–H groups in total. The smallest absolute Gasteiger partial charge is 0.237 e. The van der Waals surface area contributed by atoms with Gasteiger partial charge in [-0.05, 0) is 39.9 Å². The van der Waals surface area contributed by atoms with Gasteiger partial charge in [0.15, 0.2) is 6.23 Å². The molecule has 6 atom stereocenters. The number of likely N-dealkylation sites (tertiary alicyclic amines) is 1. The molecule has 8 rings (SSSR count). The number of amides is 2. The predicted octanol–water partition coefficient (Wildman–Crippen LogP) is 7.38. The molecule has 0 bridgehead atoms. The lowest BCUT2D eigenvalue weighted by atomic mass is 9.96. The van der Waals surface area contributed by atoms with Crippen LogP contribution in [0.1, 0.15) is 46.4 Å². The second-order valence-electron chi connectivity index (χ2n) is 14.3. The van der Waals surface area contributed by atoms with Gasteiger partial charge in [0, 0.05) is 31.2 Å². The summed E-state index contributed by atoms with van der Waals surface area (Å²) in [4.78, 5) is 32.2. The van der Waals surface area contributed by atoms with Gasteiger partial charge in [-0.2, -0.15) is 0 Å². The van der Waals surface area contributed by atoms with Gasteiger partial charge in [0.2, 0.25) is 11.8 Å². The van der Waals surface area contributed by atoms with Gasteiger partial charge in [0.25, 0.3) is 0 Å². The molecule has 2 aliphatic rings. The van der Waals surface area contributed by atoms with Crippen LogP contribution in [0, 0.1) is 0 Å². The number of nitrogens with zero attached hydrogens (tertiary/aromatic N) is 3. The first-order chi connectivity index (χ1) is 27.5. The van der Waals surface area contributed by atoms with Crippen LogP contribution in [-0.2, 0) is 59.7 Å². The molecule has 6 aromatic rings. The van der Waals surface area contributed by atoms with Crippen LogP contribution in [0.15, 0.2) is 146 Å². The van der Waals surface area contributed by atoms with Crippen molar-refractivity contribution >= 4 is 22.8 Å². The maximum absolute atomic E-state index is 13.4. The van der Waals surface area contributed by atoms with E-state index in [-0.39, 0.29) is 31.4 Å². The fourth-order valence-electron chi connectivity index (χ4n) is 7.57. The molecule has 4 aromatic carbocycles. The van der Waals surface area contributed by atoms with Crippen molar-refractivity contribution in [1.82, 2.24) is 14.5 Å². The lowest BCUT2D eigenvalue weighted by molar-refractivity contribution is -0.289. The molecule has 56 heavy (non-hydrogen) atoms. The number of carbonyl (C=O) groups excluding carboxylic acids is 2. The summed E-state index contributed by atoms with van der Waals surface area (Å²) in [6.45, 7) is 1.46. The van der Waals surface area contributed by atoms with Crippen LogP contribution >= 0.6 is 0 Å². The van der Waals surface area contributed by atoms with Gasteiger partial charge in [0.1, 0.15) is 30.1 Å². The topological polar surface area (TPSA) is 101 Å². The first-order valence-corrected chi connectivity index (χ1v) is 19.0. The van der Waals surface area contributed by atoms with E-state index in [1.165, 1.54) is 11.9 Å². The third-order valence-corrected chi connectivity index (χ3v) is 10.5. The molecule has 2 amide bonds. The number of benzene rings is 4. The van der Waals surface area contributed by atoms with Crippen LogP contribution < -0.4 is 0 Å². The molecule has 2 aromatic heterocycles. The van der Waals surface area contributed by atoms with Crippen LogP contribution in [0.4, 0.5) is 0 Å². The number of aromatic nitrogens is 2. The van der Waals surface area contributed by atoms with Crippen molar-refractivity contribution in [1.29, 1.82) is 0 Å². The van der Waals surface area contributed by atoms with Crippen molar-refractivity contribution in [3.8, 4) is 0 Å². The maximum Gasteiger partial charge on any atom is 0.237 e. The zero-order valence-corrected chi connectivity index (χ0v) is 31.3. The van der Waals surface area contributed by atoms with Crippen molar-refractivity contribution in [2.75, 3.05) is 13.7 Å². The van der Waals surface area contributed by atoms with Crippen LogP contribution in [0.25, 0.3) is 11.0 Å². The van der Waals surface area contributed by atoms with Gasteiger partial charge in [-0.1, -0.05) is 121 Å². The highest BCUT2D eigenvalue weighted by atomic mass is 16.6. The van der Waals surface area contributed by atoms with Gasteiger partial charge in [-0.3, -0.25) is 14.5 Å². The fraction of sp³-hybridized carbons (Fsp3) is 0.283. The maximum atomic E-state index is 13.4. The number of imide groups is 1. The Bertz CT molecular complexity index is 2200. The van der Waals surface area contributed by atoms with E-state index >= 15 is 0 Å². The average Bonchev–Trinajstić information content (AvgIpc) is 3.75. The molecule has 2 fully saturated rings. The monoisotopic (exact) mass is 751 g/mol. The number of rotatable bonds is 15. The Morgan fingerprint density at radius 1 is 0.643 bits per heavy atom. The highest BCUT2D eigenvalue weighted by Gasteiger charge is 2.50. The van der Waals surface area contributed by atoms with E-state index in [2.05, 4.69) is 0 Å². The Hall–Kier alpha value is -5.49. The van der Waals surface area contributed by atoms with E-state index in [1.807, 2.05) is 144 Å². The summed E-state index contributed by atoms with van der Waals surface area (Å²) in [5, 5.41) is 0.764. The van der Waals surface area contributed by atoms with E-state index in [4.69, 9.17) is 28.7 Å². The minimum Gasteiger partial charge on any atom is -0.374 e. The summed E-state index contributed by atoms with van der Waals surface area (Å²) in [5.74, 6) is -1.11. The summed E-state index contributed by atoms with van der Waals surface area (Å²) in [5.41, 5.74) is 5.34. The normalized spacial score (nSPS) is 22.6. The summed E-state index contributed by atoms with van der Waals surface area (Å²) in [6.07, 6.45) is 0.288. The fourth-order valence-corrected chi connectivity index (χ4v) is 7.57. The van der Waals surface area contributed by atoms with Crippen molar-refractivity contribution in [3.63, 3.8) is 0 Å². The SMILES string of the molecule is CN1C(=O)CC(c2cn([C@@H]3O[C@H](COCc4ccccc4)[C@@H](OCc4ccccc4)[C@H](OCc4ccccc4)[C@H]3OCc3ccccc3)c3ncccc23)C1=O. The molecule has 0 saturated carbocycles. The highest BCUT2D eigenvalue weighted by molar-refractivity contribution is 6.07. The second kappa shape index (κ2) is 17.5. The molecular weight excluding hydrogens is 707 g/mol. The van der Waals surface area contributed by atoms with E-state index in [0.29, 0.717) is 31.0 Å². The van der Waals surface area contributed by atoms with E-state index in [0.717, 1.165) is 27.6 Å². The van der Waals surface area contributed by atoms with E-state index in [1.54, 1.807) is 6.20 Å². The first kappa shape index (κ1) is 37.4. The molecule has 286 valence electrons. The average molecular weight is 752 g/mol. The van der Waals surface area contributed by atoms with Crippen LogP contribution in [0.5, 0.6) is 0 Å². The largest absolute Gasteiger partial charge is 0.374 e. The van der Waals surface area contributed by atoms with Gasteiger partial charge < -0.3 is 28.3 Å². The van der Waals surface area contributed by atoms with Crippen molar-refractivity contribution in [2.24, 2.45) is 0 Å². The van der Waals surface area contributed by atoms with E-state index < -0.39 is 36.6 Å². The zero-order chi connectivity index (χ0) is 38.3. The number of carbonyl (C=O) groups is 2. The van der Waals surface area contributed by atoms with Gasteiger partial charge in [-0.15, -0.1) is 0 Å². The van der Waals surface area contributed by atoms with Gasteiger partial charge >= 0.3 is 0 Å². The minimum atomic E-state index is -0.794. The molecular formula is C46H45N3O7.